The van der Waals surface area contributed by atoms with E-state index < -0.39 is 12.1 Å². The molecule has 0 fully saturated rings. The maximum absolute atomic E-state index is 12.5. The first-order chi connectivity index (χ1) is 14.4. The minimum Gasteiger partial charge on any atom is -0.492 e. The van der Waals surface area contributed by atoms with E-state index in [9.17, 15) is 18.0 Å². The van der Waals surface area contributed by atoms with Crippen molar-refractivity contribution in [2.75, 3.05) is 19.9 Å². The summed E-state index contributed by atoms with van der Waals surface area (Å²) in [6, 6.07) is 11.0. The predicted octanol–water partition coefficient (Wildman–Crippen LogP) is 3.29. The van der Waals surface area contributed by atoms with Crippen molar-refractivity contribution >= 4 is 5.91 Å². The van der Waals surface area contributed by atoms with Crippen molar-refractivity contribution in [2.45, 2.75) is 6.18 Å². The number of benzene rings is 2. The van der Waals surface area contributed by atoms with Crippen LogP contribution in [0.4, 0.5) is 13.2 Å². The number of rotatable bonds is 6. The van der Waals surface area contributed by atoms with E-state index in [0.29, 0.717) is 28.4 Å². The average molecular weight is 421 g/mol. The summed E-state index contributed by atoms with van der Waals surface area (Å²) in [5.74, 6) is -0.293. The fraction of sp³-hybridized carbons (Fsp3) is 0.211. The van der Waals surface area contributed by atoms with Crippen LogP contribution < -0.4 is 19.5 Å². The zero-order valence-corrected chi connectivity index (χ0v) is 15.2. The van der Waals surface area contributed by atoms with E-state index in [1.165, 1.54) is 12.1 Å². The number of carbonyl (C=O) groups is 1. The molecule has 1 aromatic heterocycles. The second-order valence-electron chi connectivity index (χ2n) is 6.12. The molecule has 0 saturated heterocycles. The number of alkyl halides is 3. The summed E-state index contributed by atoms with van der Waals surface area (Å²) in [6.45, 7) is 0.564. The highest BCUT2D eigenvalue weighted by atomic mass is 19.4. The van der Waals surface area contributed by atoms with Crippen LogP contribution in [0.5, 0.6) is 17.2 Å². The largest absolute Gasteiger partial charge is 0.492 e. The maximum atomic E-state index is 12.5. The first-order valence-corrected chi connectivity index (χ1v) is 8.72. The van der Waals surface area contributed by atoms with E-state index in [1.54, 1.807) is 30.3 Å². The van der Waals surface area contributed by atoms with Crippen LogP contribution in [0.2, 0.25) is 0 Å². The molecule has 1 N–H and O–H groups in total. The van der Waals surface area contributed by atoms with Crippen LogP contribution in [-0.2, 0) is 6.18 Å². The van der Waals surface area contributed by atoms with Gasteiger partial charge in [-0.3, -0.25) is 4.79 Å². The summed E-state index contributed by atoms with van der Waals surface area (Å²) >= 11 is 0. The summed E-state index contributed by atoms with van der Waals surface area (Å²) in [4.78, 5) is 15.5. The Labute approximate surface area is 167 Å². The van der Waals surface area contributed by atoms with Gasteiger partial charge in [-0.1, -0.05) is 5.16 Å². The number of nitrogens with one attached hydrogen (secondary N) is 1. The minimum atomic E-state index is -4.70. The molecule has 1 aliphatic heterocycles. The first-order valence-electron chi connectivity index (χ1n) is 8.72. The fourth-order valence-corrected chi connectivity index (χ4v) is 2.63. The number of hydrogen-bond acceptors (Lipinski definition) is 7. The van der Waals surface area contributed by atoms with Gasteiger partial charge in [0.2, 0.25) is 12.6 Å². The van der Waals surface area contributed by atoms with Gasteiger partial charge in [-0.25, -0.2) is 0 Å². The van der Waals surface area contributed by atoms with E-state index in [4.69, 9.17) is 14.2 Å². The van der Waals surface area contributed by atoms with Crippen molar-refractivity contribution in [1.29, 1.82) is 0 Å². The normalized spacial score (nSPS) is 12.6. The molecule has 11 heteroatoms. The third-order valence-electron chi connectivity index (χ3n) is 4.07. The molecule has 30 heavy (non-hydrogen) atoms. The molecular weight excluding hydrogens is 407 g/mol. The van der Waals surface area contributed by atoms with E-state index in [-0.39, 0.29) is 31.7 Å². The molecule has 0 saturated carbocycles. The van der Waals surface area contributed by atoms with Crippen LogP contribution >= 0.6 is 0 Å². The van der Waals surface area contributed by atoms with E-state index in [1.807, 2.05) is 0 Å². The highest BCUT2D eigenvalue weighted by Gasteiger charge is 2.38. The third kappa shape index (κ3) is 4.29. The molecule has 156 valence electrons. The van der Waals surface area contributed by atoms with Crippen LogP contribution in [-0.4, -0.2) is 36.0 Å². The number of hydrogen-bond donors (Lipinski definition) is 1. The molecule has 2 aromatic carbocycles. The number of nitrogens with zero attached hydrogens (tertiary/aromatic N) is 2. The second-order valence-corrected chi connectivity index (χ2v) is 6.12. The Hall–Kier alpha value is -3.76. The summed E-state index contributed by atoms with van der Waals surface area (Å²) in [5, 5.41) is 6.03. The highest BCUT2D eigenvalue weighted by Crippen LogP contribution is 2.32. The zero-order chi connectivity index (χ0) is 21.1. The molecule has 8 nitrogen and oxygen atoms in total. The summed E-state index contributed by atoms with van der Waals surface area (Å²) in [5.41, 5.74) is 0.777. The molecule has 0 radical (unpaired) electrons. The van der Waals surface area contributed by atoms with Crippen LogP contribution in [0.15, 0.2) is 47.0 Å². The molecule has 0 unspecified atom stereocenters. The monoisotopic (exact) mass is 421 g/mol. The molecule has 1 aliphatic rings. The Bertz CT molecular complexity index is 1050. The lowest BCUT2D eigenvalue weighted by Crippen LogP contribution is -2.28. The Morgan fingerprint density at radius 1 is 1.10 bits per heavy atom. The molecule has 4 rings (SSSR count). The predicted molar refractivity (Wildman–Crippen MR) is 95.1 cm³/mol. The maximum Gasteiger partial charge on any atom is 0.471 e. The molecule has 0 atom stereocenters. The lowest BCUT2D eigenvalue weighted by atomic mass is 10.2. The molecule has 0 spiro atoms. The van der Waals surface area contributed by atoms with Gasteiger partial charge in [-0.2, -0.15) is 18.2 Å². The number of ether oxygens (including phenoxy) is 3. The van der Waals surface area contributed by atoms with Crippen molar-refractivity contribution in [2.24, 2.45) is 0 Å². The summed E-state index contributed by atoms with van der Waals surface area (Å²) < 4.78 is 57.7. The quantitative estimate of drug-likeness (QED) is 0.610. The van der Waals surface area contributed by atoms with Crippen LogP contribution in [0.25, 0.3) is 11.4 Å². The van der Waals surface area contributed by atoms with Gasteiger partial charge in [0.25, 0.3) is 5.91 Å². The second kappa shape index (κ2) is 7.93. The fourth-order valence-electron chi connectivity index (χ4n) is 2.63. The van der Waals surface area contributed by atoms with E-state index in [0.717, 1.165) is 0 Å². The topological polar surface area (TPSA) is 95.7 Å². The molecule has 1 amide bonds. The zero-order valence-electron chi connectivity index (χ0n) is 15.2. The van der Waals surface area contributed by atoms with Gasteiger partial charge in [0.1, 0.15) is 12.4 Å². The van der Waals surface area contributed by atoms with Crippen LogP contribution in [0.1, 0.15) is 16.2 Å². The Morgan fingerprint density at radius 3 is 2.60 bits per heavy atom. The lowest BCUT2D eigenvalue weighted by molar-refractivity contribution is -0.159. The molecule has 2 heterocycles. The van der Waals surface area contributed by atoms with E-state index in [2.05, 4.69) is 20.0 Å². The Balaban J connectivity index is 1.26. The lowest BCUT2D eigenvalue weighted by Gasteiger charge is -2.08. The summed E-state index contributed by atoms with van der Waals surface area (Å²) in [6.07, 6.45) is -4.70. The third-order valence-corrected chi connectivity index (χ3v) is 4.07. The van der Waals surface area contributed by atoms with Gasteiger partial charge in [-0.15, -0.1) is 0 Å². The van der Waals surface area contributed by atoms with Crippen molar-refractivity contribution in [3.05, 3.63) is 53.9 Å². The standard InChI is InChI=1S/C19H14F3N3O5/c20-19(21,22)18-24-16(25-30-18)11-1-4-13(5-2-11)27-8-7-23-17(26)12-3-6-14-15(9-12)29-10-28-14/h1-6,9H,7-8,10H2,(H,23,26). The van der Waals surface area contributed by atoms with Gasteiger partial charge in [0, 0.05) is 11.1 Å². The van der Waals surface area contributed by atoms with Crippen molar-refractivity contribution in [3.63, 3.8) is 0 Å². The van der Waals surface area contributed by atoms with Crippen molar-refractivity contribution < 1.29 is 36.7 Å². The van der Waals surface area contributed by atoms with Gasteiger partial charge >= 0.3 is 12.1 Å². The average Bonchev–Trinajstić information content (AvgIpc) is 3.40. The van der Waals surface area contributed by atoms with Gasteiger partial charge in [0.15, 0.2) is 11.5 Å². The molecule has 0 aliphatic carbocycles. The van der Waals surface area contributed by atoms with Crippen LogP contribution in [0.3, 0.4) is 0 Å². The van der Waals surface area contributed by atoms with Crippen molar-refractivity contribution in [3.8, 4) is 28.6 Å². The van der Waals surface area contributed by atoms with Gasteiger partial charge < -0.3 is 24.1 Å². The smallest absolute Gasteiger partial charge is 0.471 e. The molecular formula is C19H14F3N3O5. The first kappa shape index (κ1) is 19.6. The molecule has 0 bridgehead atoms. The number of carbonyl (C=O) groups excluding carboxylic acids is 1. The summed E-state index contributed by atoms with van der Waals surface area (Å²) in [7, 11) is 0. The number of fused-ring (bicyclic) bond motifs is 1. The SMILES string of the molecule is O=C(NCCOc1ccc(-c2noc(C(F)(F)F)n2)cc1)c1ccc2c(c1)OCO2. The number of halogens is 3. The van der Waals surface area contributed by atoms with Gasteiger partial charge in [0.05, 0.1) is 6.54 Å². The molecule has 3 aromatic rings. The Morgan fingerprint density at radius 2 is 1.87 bits per heavy atom. The van der Waals surface area contributed by atoms with Crippen molar-refractivity contribution in [1.82, 2.24) is 15.5 Å². The number of aromatic nitrogens is 2. The highest BCUT2D eigenvalue weighted by molar-refractivity contribution is 5.94. The number of amides is 1. The van der Waals surface area contributed by atoms with E-state index >= 15 is 0 Å². The minimum absolute atomic E-state index is 0.128. The van der Waals surface area contributed by atoms with Crippen LogP contribution in [0, 0.1) is 0 Å². The van der Waals surface area contributed by atoms with Gasteiger partial charge in [-0.05, 0) is 42.5 Å². The Kier molecular flexibility index (Phi) is 5.17.